The Hall–Kier alpha value is -1.90. The summed E-state index contributed by atoms with van der Waals surface area (Å²) >= 11 is 9.06. The van der Waals surface area contributed by atoms with Crippen LogP contribution in [0, 0.1) is 17.1 Å². The van der Waals surface area contributed by atoms with E-state index in [-0.39, 0.29) is 21.8 Å². The normalized spacial score (nSPS) is 9.90. The van der Waals surface area contributed by atoms with Gasteiger partial charge in [-0.1, -0.05) is 33.6 Å². The summed E-state index contributed by atoms with van der Waals surface area (Å²) in [5.41, 5.74) is 0.304. The van der Waals surface area contributed by atoms with Gasteiger partial charge in [-0.2, -0.15) is 5.26 Å². The van der Waals surface area contributed by atoms with E-state index in [4.69, 9.17) is 16.9 Å². The van der Waals surface area contributed by atoms with Crippen LogP contribution in [-0.4, -0.2) is 5.91 Å². The molecule has 0 radical (unpaired) electrons. The number of amides is 1. The van der Waals surface area contributed by atoms with Gasteiger partial charge in [-0.05, 0) is 30.3 Å². The lowest BCUT2D eigenvalue weighted by molar-refractivity contribution is 0.102. The number of nitriles is 1. The zero-order valence-electron chi connectivity index (χ0n) is 9.95. The van der Waals surface area contributed by atoms with E-state index >= 15 is 0 Å². The Morgan fingerprint density at radius 3 is 2.75 bits per heavy atom. The highest BCUT2D eigenvalue weighted by atomic mass is 79.9. The number of benzene rings is 2. The molecule has 0 unspecified atom stereocenters. The molecule has 0 aromatic heterocycles. The molecule has 2 aromatic rings. The number of hydrogen-bond donors (Lipinski definition) is 1. The molecule has 0 saturated heterocycles. The quantitative estimate of drug-likeness (QED) is 0.872. The van der Waals surface area contributed by atoms with E-state index < -0.39 is 11.7 Å². The van der Waals surface area contributed by atoms with Crippen molar-refractivity contribution in [1.29, 1.82) is 5.26 Å². The third kappa shape index (κ3) is 2.98. The van der Waals surface area contributed by atoms with E-state index in [0.29, 0.717) is 4.47 Å². The molecule has 2 rings (SSSR count). The van der Waals surface area contributed by atoms with Crippen molar-refractivity contribution in [3.8, 4) is 6.07 Å². The summed E-state index contributed by atoms with van der Waals surface area (Å²) in [6.45, 7) is 0. The van der Waals surface area contributed by atoms with Crippen LogP contribution < -0.4 is 5.32 Å². The lowest BCUT2D eigenvalue weighted by Gasteiger charge is -2.09. The van der Waals surface area contributed by atoms with Gasteiger partial charge in [0.25, 0.3) is 5.91 Å². The van der Waals surface area contributed by atoms with Crippen LogP contribution in [0.4, 0.5) is 10.1 Å². The average molecular weight is 354 g/mol. The van der Waals surface area contributed by atoms with Crippen molar-refractivity contribution in [3.63, 3.8) is 0 Å². The minimum absolute atomic E-state index is 0.0102. The largest absolute Gasteiger partial charge is 0.321 e. The van der Waals surface area contributed by atoms with Crippen LogP contribution in [0.15, 0.2) is 40.9 Å². The molecule has 0 bridgehead atoms. The van der Waals surface area contributed by atoms with Crippen molar-refractivity contribution < 1.29 is 9.18 Å². The Morgan fingerprint density at radius 1 is 1.35 bits per heavy atom. The first-order valence-electron chi connectivity index (χ1n) is 5.48. The van der Waals surface area contributed by atoms with Gasteiger partial charge in [0.05, 0.1) is 21.8 Å². The molecule has 6 heteroatoms. The number of carbonyl (C=O) groups excluding carboxylic acids is 1. The smallest absolute Gasteiger partial charge is 0.260 e. The molecule has 1 amide bonds. The topological polar surface area (TPSA) is 52.9 Å². The fraction of sp³-hybridized carbons (Fsp3) is 0. The number of anilines is 1. The first kappa shape index (κ1) is 14.5. The van der Waals surface area contributed by atoms with Gasteiger partial charge < -0.3 is 5.32 Å². The summed E-state index contributed by atoms with van der Waals surface area (Å²) in [6, 6.07) is 10.7. The number of nitrogens with one attached hydrogen (secondary N) is 1. The number of rotatable bonds is 2. The summed E-state index contributed by atoms with van der Waals surface area (Å²) in [4.78, 5) is 12.1. The van der Waals surface area contributed by atoms with E-state index in [1.165, 1.54) is 12.1 Å². The molecular formula is C14H7BrClFN2O. The molecule has 0 fully saturated rings. The number of halogens is 3. The fourth-order valence-corrected chi connectivity index (χ4v) is 2.23. The third-order valence-electron chi connectivity index (χ3n) is 2.54. The van der Waals surface area contributed by atoms with Crippen LogP contribution in [0.3, 0.4) is 0 Å². The Kier molecular flexibility index (Phi) is 4.38. The van der Waals surface area contributed by atoms with Crippen molar-refractivity contribution in [1.82, 2.24) is 0 Å². The van der Waals surface area contributed by atoms with Gasteiger partial charge in [-0.3, -0.25) is 4.79 Å². The van der Waals surface area contributed by atoms with Crippen LogP contribution in [0.25, 0.3) is 0 Å². The predicted octanol–water partition coefficient (Wildman–Crippen LogP) is 4.37. The maximum Gasteiger partial charge on any atom is 0.260 e. The molecule has 0 aliphatic rings. The van der Waals surface area contributed by atoms with E-state index in [9.17, 15) is 9.18 Å². The Morgan fingerprint density at radius 2 is 2.10 bits per heavy atom. The summed E-state index contributed by atoms with van der Waals surface area (Å²) < 4.78 is 14.3. The number of hydrogen-bond acceptors (Lipinski definition) is 2. The molecule has 1 N–H and O–H groups in total. The summed E-state index contributed by atoms with van der Waals surface area (Å²) in [5, 5.41) is 11.5. The Labute approximate surface area is 128 Å². The lowest BCUT2D eigenvalue weighted by Crippen LogP contribution is -2.15. The first-order chi connectivity index (χ1) is 9.52. The summed E-state index contributed by atoms with van der Waals surface area (Å²) in [6.07, 6.45) is 0. The lowest BCUT2D eigenvalue weighted by atomic mass is 10.1. The maximum atomic E-state index is 13.6. The molecule has 0 atom stereocenters. The minimum atomic E-state index is -0.719. The van der Waals surface area contributed by atoms with Gasteiger partial charge in [-0.15, -0.1) is 0 Å². The van der Waals surface area contributed by atoms with Gasteiger partial charge >= 0.3 is 0 Å². The van der Waals surface area contributed by atoms with Crippen LogP contribution in [0.1, 0.15) is 15.9 Å². The molecule has 0 spiro atoms. The highest BCUT2D eigenvalue weighted by Gasteiger charge is 2.17. The van der Waals surface area contributed by atoms with Gasteiger partial charge in [0.15, 0.2) is 0 Å². The molecule has 0 saturated carbocycles. The summed E-state index contributed by atoms with van der Waals surface area (Å²) in [7, 11) is 0. The van der Waals surface area contributed by atoms with Gasteiger partial charge in [-0.25, -0.2) is 4.39 Å². The number of carbonyl (C=O) groups is 1. The van der Waals surface area contributed by atoms with Crippen LogP contribution in [0.2, 0.25) is 5.02 Å². The molecule has 0 heterocycles. The molecule has 0 aliphatic heterocycles. The molecule has 20 heavy (non-hydrogen) atoms. The zero-order chi connectivity index (χ0) is 14.7. The Balaban J connectivity index is 2.38. The second-order valence-corrected chi connectivity index (χ2v) is 5.18. The first-order valence-corrected chi connectivity index (χ1v) is 6.65. The third-order valence-corrected chi connectivity index (χ3v) is 3.35. The van der Waals surface area contributed by atoms with E-state index in [2.05, 4.69) is 21.2 Å². The second-order valence-electron chi connectivity index (χ2n) is 3.85. The maximum absolute atomic E-state index is 13.6. The second kappa shape index (κ2) is 6.04. The van der Waals surface area contributed by atoms with Crippen LogP contribution in [-0.2, 0) is 0 Å². The highest BCUT2D eigenvalue weighted by Crippen LogP contribution is 2.24. The van der Waals surface area contributed by atoms with Crippen LogP contribution in [0.5, 0.6) is 0 Å². The fourth-order valence-electron chi connectivity index (χ4n) is 1.62. The molecule has 100 valence electrons. The number of nitrogens with zero attached hydrogens (tertiary/aromatic N) is 1. The molecule has 3 nitrogen and oxygen atoms in total. The van der Waals surface area contributed by atoms with E-state index in [1.807, 2.05) is 6.07 Å². The van der Waals surface area contributed by atoms with Crippen molar-refractivity contribution in [2.45, 2.75) is 0 Å². The van der Waals surface area contributed by atoms with Gasteiger partial charge in [0.1, 0.15) is 11.9 Å². The standard InChI is InChI=1S/C14H7BrClFN2O/c15-9-5-4-8(7-18)12(6-9)19-14(20)13-10(16)2-1-3-11(13)17/h1-6H,(H,19,20). The average Bonchev–Trinajstić information content (AvgIpc) is 2.38. The van der Waals surface area contributed by atoms with Gasteiger partial charge in [0, 0.05) is 4.47 Å². The molecular weight excluding hydrogens is 347 g/mol. The van der Waals surface area contributed by atoms with E-state index in [0.717, 1.165) is 6.07 Å². The van der Waals surface area contributed by atoms with Crippen LogP contribution >= 0.6 is 27.5 Å². The zero-order valence-corrected chi connectivity index (χ0v) is 12.3. The van der Waals surface area contributed by atoms with Gasteiger partial charge in [0.2, 0.25) is 0 Å². The van der Waals surface area contributed by atoms with Crippen molar-refractivity contribution in [2.24, 2.45) is 0 Å². The molecule has 2 aromatic carbocycles. The van der Waals surface area contributed by atoms with Crippen molar-refractivity contribution >= 4 is 39.1 Å². The molecule has 0 aliphatic carbocycles. The van der Waals surface area contributed by atoms with Crippen molar-refractivity contribution in [3.05, 3.63) is 62.8 Å². The minimum Gasteiger partial charge on any atom is -0.321 e. The SMILES string of the molecule is N#Cc1ccc(Br)cc1NC(=O)c1c(F)cccc1Cl. The highest BCUT2D eigenvalue weighted by molar-refractivity contribution is 9.10. The Bertz CT molecular complexity index is 707. The monoisotopic (exact) mass is 352 g/mol. The predicted molar refractivity (Wildman–Crippen MR) is 78.2 cm³/mol. The van der Waals surface area contributed by atoms with Crippen molar-refractivity contribution in [2.75, 3.05) is 5.32 Å². The summed E-state index contributed by atoms with van der Waals surface area (Å²) in [5.74, 6) is -1.42. The van der Waals surface area contributed by atoms with E-state index in [1.54, 1.807) is 18.2 Å².